The van der Waals surface area contributed by atoms with Crippen LogP contribution in [0.1, 0.15) is 0 Å². The number of ether oxygens (including phenoxy) is 2. The van der Waals surface area contributed by atoms with Gasteiger partial charge in [0.2, 0.25) is 12.7 Å². The Bertz CT molecular complexity index is 1070. The van der Waals surface area contributed by atoms with Crippen LogP contribution in [-0.4, -0.2) is 16.8 Å². The highest BCUT2D eigenvalue weighted by atomic mass is 16.7. The smallest absolute Gasteiger partial charge is 0.231 e. The number of rotatable bonds is 2. The summed E-state index contributed by atoms with van der Waals surface area (Å²) in [6.07, 6.45) is 1.72. The number of para-hydroxylation sites is 2. The molecule has 5 rings (SSSR count). The fourth-order valence-electron chi connectivity index (χ4n) is 2.87. The molecule has 0 saturated heterocycles. The van der Waals surface area contributed by atoms with Gasteiger partial charge in [0.25, 0.3) is 0 Å². The first-order chi connectivity index (χ1) is 12.3. The number of hydrogen-bond donors (Lipinski definition) is 1. The lowest BCUT2D eigenvalue weighted by atomic mass is 10.0. The second-order valence-corrected chi connectivity index (χ2v) is 5.71. The van der Waals surface area contributed by atoms with Gasteiger partial charge in [0.05, 0.1) is 5.56 Å². The predicted octanol–water partition coefficient (Wildman–Crippen LogP) is 3.87. The lowest BCUT2D eigenvalue weighted by Gasteiger charge is -2.06. The zero-order valence-corrected chi connectivity index (χ0v) is 13.1. The zero-order valence-electron chi connectivity index (χ0n) is 13.1. The van der Waals surface area contributed by atoms with Gasteiger partial charge in [-0.15, -0.1) is 0 Å². The minimum Gasteiger partial charge on any atom is -0.454 e. The molecule has 0 atom stereocenters. The van der Waals surface area contributed by atoms with Crippen molar-refractivity contribution in [3.8, 4) is 34.1 Å². The van der Waals surface area contributed by atoms with Crippen molar-refractivity contribution in [2.75, 3.05) is 12.5 Å². The fraction of sp³-hybridized carbons (Fsp3) is 0.0526. The summed E-state index contributed by atoms with van der Waals surface area (Å²) in [5, 5.41) is 0. The fourth-order valence-corrected chi connectivity index (χ4v) is 2.87. The maximum atomic E-state index is 6.06. The van der Waals surface area contributed by atoms with Gasteiger partial charge >= 0.3 is 0 Å². The van der Waals surface area contributed by atoms with Gasteiger partial charge in [0, 0.05) is 11.8 Å². The molecule has 0 unspecified atom stereocenters. The van der Waals surface area contributed by atoms with Gasteiger partial charge in [-0.3, -0.25) is 0 Å². The minimum atomic E-state index is 0.243. The van der Waals surface area contributed by atoms with Crippen molar-refractivity contribution in [1.29, 1.82) is 0 Å². The summed E-state index contributed by atoms with van der Waals surface area (Å²) < 4.78 is 16.6. The van der Waals surface area contributed by atoms with Crippen LogP contribution in [0.2, 0.25) is 0 Å². The number of nitrogen functional groups attached to an aromatic ring is 1. The first-order valence-electron chi connectivity index (χ1n) is 7.79. The number of pyridine rings is 1. The number of nitrogens with two attached hydrogens (primary N) is 1. The van der Waals surface area contributed by atoms with E-state index < -0.39 is 0 Å². The highest BCUT2D eigenvalue weighted by Gasteiger charge is 2.16. The van der Waals surface area contributed by atoms with Crippen LogP contribution in [0.3, 0.4) is 0 Å². The third kappa shape index (κ3) is 2.27. The molecule has 0 spiro atoms. The quantitative estimate of drug-likeness (QED) is 0.600. The molecule has 1 aliphatic heterocycles. The molecular weight excluding hydrogens is 318 g/mol. The summed E-state index contributed by atoms with van der Waals surface area (Å²) in [6.45, 7) is 0.243. The van der Waals surface area contributed by atoms with Crippen LogP contribution in [0.5, 0.6) is 11.5 Å². The van der Waals surface area contributed by atoms with E-state index in [0.717, 1.165) is 28.1 Å². The zero-order chi connectivity index (χ0) is 16.8. The SMILES string of the molecule is Nc1ncc(-c2ccc3c(c2)OCO3)cc1-c1nc2ccccc2o1. The van der Waals surface area contributed by atoms with E-state index in [1.54, 1.807) is 6.20 Å². The van der Waals surface area contributed by atoms with Crippen LogP contribution in [0, 0.1) is 0 Å². The van der Waals surface area contributed by atoms with Crippen molar-refractivity contribution >= 4 is 16.9 Å². The van der Waals surface area contributed by atoms with E-state index in [0.29, 0.717) is 22.9 Å². The molecule has 6 heteroatoms. The Morgan fingerprint density at radius 3 is 2.72 bits per heavy atom. The second-order valence-electron chi connectivity index (χ2n) is 5.71. The van der Waals surface area contributed by atoms with Crippen molar-refractivity contribution < 1.29 is 13.9 Å². The van der Waals surface area contributed by atoms with Crippen molar-refractivity contribution in [3.63, 3.8) is 0 Å². The van der Waals surface area contributed by atoms with Gasteiger partial charge in [0.1, 0.15) is 11.3 Å². The minimum absolute atomic E-state index is 0.243. The van der Waals surface area contributed by atoms with Gasteiger partial charge < -0.3 is 19.6 Å². The molecule has 0 amide bonds. The van der Waals surface area contributed by atoms with Crippen LogP contribution in [0.4, 0.5) is 5.82 Å². The average molecular weight is 331 g/mol. The molecule has 0 aliphatic carbocycles. The summed E-state index contributed by atoms with van der Waals surface area (Å²) in [5.74, 6) is 2.29. The van der Waals surface area contributed by atoms with Crippen molar-refractivity contribution in [3.05, 3.63) is 54.7 Å². The third-order valence-electron chi connectivity index (χ3n) is 4.15. The molecule has 0 fully saturated rings. The standard InChI is InChI=1S/C19H13N3O3/c20-18-13(19-22-14-3-1-2-4-15(14)25-19)7-12(9-21-18)11-5-6-16-17(8-11)24-10-23-16/h1-9H,10H2,(H2,20,21). The van der Waals surface area contributed by atoms with Crippen LogP contribution < -0.4 is 15.2 Å². The Morgan fingerprint density at radius 2 is 1.80 bits per heavy atom. The van der Waals surface area contributed by atoms with Crippen LogP contribution in [0.15, 0.2) is 59.1 Å². The predicted molar refractivity (Wildman–Crippen MR) is 93.2 cm³/mol. The van der Waals surface area contributed by atoms with Crippen molar-refractivity contribution in [2.45, 2.75) is 0 Å². The molecule has 2 aromatic carbocycles. The molecule has 1 aliphatic rings. The first kappa shape index (κ1) is 13.9. The van der Waals surface area contributed by atoms with Crippen LogP contribution in [0.25, 0.3) is 33.7 Å². The molecule has 0 radical (unpaired) electrons. The molecule has 6 nitrogen and oxygen atoms in total. The Hall–Kier alpha value is -3.54. The lowest BCUT2D eigenvalue weighted by Crippen LogP contribution is -1.95. The van der Waals surface area contributed by atoms with E-state index >= 15 is 0 Å². The molecule has 122 valence electrons. The van der Waals surface area contributed by atoms with Crippen LogP contribution >= 0.6 is 0 Å². The topological polar surface area (TPSA) is 83.4 Å². The molecular formula is C19H13N3O3. The Balaban J connectivity index is 1.62. The maximum Gasteiger partial charge on any atom is 0.231 e. The molecule has 0 bridgehead atoms. The molecule has 2 N–H and O–H groups in total. The summed E-state index contributed by atoms with van der Waals surface area (Å²) >= 11 is 0. The highest BCUT2D eigenvalue weighted by molar-refractivity contribution is 5.81. The number of nitrogens with zero attached hydrogens (tertiary/aromatic N) is 2. The van der Waals surface area contributed by atoms with E-state index in [1.807, 2.05) is 48.5 Å². The normalized spacial score (nSPS) is 12.6. The largest absolute Gasteiger partial charge is 0.454 e. The van der Waals surface area contributed by atoms with Crippen molar-refractivity contribution in [2.24, 2.45) is 0 Å². The molecule has 0 saturated carbocycles. The van der Waals surface area contributed by atoms with Crippen molar-refractivity contribution in [1.82, 2.24) is 9.97 Å². The molecule has 3 heterocycles. The number of anilines is 1. The number of fused-ring (bicyclic) bond motifs is 2. The van der Waals surface area contributed by atoms with Crippen LogP contribution in [-0.2, 0) is 0 Å². The summed E-state index contributed by atoms with van der Waals surface area (Å²) in [4.78, 5) is 8.81. The van der Waals surface area contributed by atoms with E-state index in [4.69, 9.17) is 19.6 Å². The Kier molecular flexibility index (Phi) is 2.90. The monoisotopic (exact) mass is 331 g/mol. The van der Waals surface area contributed by atoms with Gasteiger partial charge in [0.15, 0.2) is 17.1 Å². The van der Waals surface area contributed by atoms with E-state index in [-0.39, 0.29) is 6.79 Å². The van der Waals surface area contributed by atoms with Gasteiger partial charge in [-0.25, -0.2) is 9.97 Å². The van der Waals surface area contributed by atoms with E-state index in [9.17, 15) is 0 Å². The summed E-state index contributed by atoms with van der Waals surface area (Å²) in [7, 11) is 0. The number of benzene rings is 2. The molecule has 2 aromatic heterocycles. The third-order valence-corrected chi connectivity index (χ3v) is 4.15. The van der Waals surface area contributed by atoms with Gasteiger partial charge in [-0.05, 0) is 35.9 Å². The average Bonchev–Trinajstić information content (AvgIpc) is 3.28. The van der Waals surface area contributed by atoms with E-state index in [1.165, 1.54) is 0 Å². The molecule has 4 aromatic rings. The van der Waals surface area contributed by atoms with E-state index in [2.05, 4.69) is 9.97 Å². The highest BCUT2D eigenvalue weighted by Crippen LogP contribution is 2.37. The Morgan fingerprint density at radius 1 is 0.920 bits per heavy atom. The Labute approximate surface area is 142 Å². The van der Waals surface area contributed by atoms with Gasteiger partial charge in [-0.2, -0.15) is 0 Å². The first-order valence-corrected chi connectivity index (χ1v) is 7.79. The number of hydrogen-bond acceptors (Lipinski definition) is 6. The number of aromatic nitrogens is 2. The maximum absolute atomic E-state index is 6.06. The van der Waals surface area contributed by atoms with Gasteiger partial charge in [-0.1, -0.05) is 18.2 Å². The molecule has 25 heavy (non-hydrogen) atoms. The lowest BCUT2D eigenvalue weighted by molar-refractivity contribution is 0.174. The second kappa shape index (κ2) is 5.24. The summed E-state index contributed by atoms with van der Waals surface area (Å²) in [6, 6.07) is 15.3. The summed E-state index contributed by atoms with van der Waals surface area (Å²) in [5.41, 5.74) is 10.1. The number of oxazole rings is 1.